The molecule has 1 aromatic carbocycles. The molecule has 4 nitrogen and oxygen atoms in total. The summed E-state index contributed by atoms with van der Waals surface area (Å²) in [7, 11) is 0. The third kappa shape index (κ3) is 3.04. The molecular formula is C15H19N3OS. The van der Waals surface area contributed by atoms with E-state index in [2.05, 4.69) is 41.6 Å². The van der Waals surface area contributed by atoms with Crippen molar-refractivity contribution in [1.82, 2.24) is 9.55 Å². The summed E-state index contributed by atoms with van der Waals surface area (Å²) in [6, 6.07) is 6.36. The molecule has 20 heavy (non-hydrogen) atoms. The zero-order valence-electron chi connectivity index (χ0n) is 11.8. The van der Waals surface area contributed by atoms with Crippen LogP contribution in [0.2, 0.25) is 0 Å². The van der Waals surface area contributed by atoms with Crippen LogP contribution < -0.4 is 5.73 Å². The highest BCUT2D eigenvalue weighted by Gasteiger charge is 2.13. The number of nitrogens with zero attached hydrogens (tertiary/aromatic N) is 2. The number of hydrogen-bond acceptors (Lipinski definition) is 3. The average Bonchev–Trinajstić information content (AvgIpc) is 2.92. The SMILES string of the molecule is CCc1cccc(CC)c1-n1ccnc1SCC(N)=O. The number of thioether (sulfide) groups is 1. The topological polar surface area (TPSA) is 60.9 Å². The van der Waals surface area contributed by atoms with Crippen molar-refractivity contribution in [3.05, 3.63) is 41.7 Å². The highest BCUT2D eigenvalue weighted by molar-refractivity contribution is 7.99. The number of carbonyl (C=O) groups is 1. The molecule has 0 aliphatic heterocycles. The minimum atomic E-state index is -0.330. The van der Waals surface area contributed by atoms with E-state index in [-0.39, 0.29) is 11.7 Å². The summed E-state index contributed by atoms with van der Waals surface area (Å²) in [5.74, 6) is -0.0868. The van der Waals surface area contributed by atoms with Crippen LogP contribution in [0.3, 0.4) is 0 Å². The van der Waals surface area contributed by atoms with E-state index >= 15 is 0 Å². The fourth-order valence-corrected chi connectivity index (χ4v) is 2.92. The molecule has 0 saturated carbocycles. The maximum Gasteiger partial charge on any atom is 0.227 e. The standard InChI is InChI=1S/C15H19N3OS/c1-3-11-6-5-7-12(4-2)14(11)18-9-8-17-15(18)20-10-13(16)19/h5-9H,3-4,10H2,1-2H3,(H2,16,19). The maximum atomic E-state index is 11.0. The molecule has 0 radical (unpaired) electrons. The highest BCUT2D eigenvalue weighted by Crippen LogP contribution is 2.26. The Morgan fingerprint density at radius 2 is 1.95 bits per heavy atom. The predicted molar refractivity (Wildman–Crippen MR) is 82.2 cm³/mol. The lowest BCUT2D eigenvalue weighted by Crippen LogP contribution is -2.14. The van der Waals surface area contributed by atoms with Crippen molar-refractivity contribution in [3.8, 4) is 5.69 Å². The van der Waals surface area contributed by atoms with Crippen LogP contribution in [-0.2, 0) is 17.6 Å². The summed E-state index contributed by atoms with van der Waals surface area (Å²) in [6.45, 7) is 4.29. The Hall–Kier alpha value is -1.75. The molecule has 0 saturated heterocycles. The molecule has 5 heteroatoms. The largest absolute Gasteiger partial charge is 0.369 e. The number of imidazole rings is 1. The van der Waals surface area contributed by atoms with E-state index < -0.39 is 0 Å². The average molecular weight is 289 g/mol. The first-order valence-electron chi connectivity index (χ1n) is 6.73. The van der Waals surface area contributed by atoms with E-state index in [1.165, 1.54) is 28.6 Å². The van der Waals surface area contributed by atoms with Crippen LogP contribution in [0.4, 0.5) is 0 Å². The minimum Gasteiger partial charge on any atom is -0.369 e. The van der Waals surface area contributed by atoms with Gasteiger partial charge in [0.05, 0.1) is 11.4 Å². The second-order valence-electron chi connectivity index (χ2n) is 4.47. The third-order valence-corrected chi connectivity index (χ3v) is 4.15. The monoisotopic (exact) mass is 289 g/mol. The van der Waals surface area contributed by atoms with Gasteiger partial charge in [0.1, 0.15) is 0 Å². The first kappa shape index (κ1) is 14.7. The zero-order valence-corrected chi connectivity index (χ0v) is 12.6. The molecule has 0 aliphatic carbocycles. The molecule has 2 N–H and O–H groups in total. The van der Waals surface area contributed by atoms with E-state index in [1.807, 2.05) is 6.20 Å². The lowest BCUT2D eigenvalue weighted by Gasteiger charge is -2.15. The highest BCUT2D eigenvalue weighted by atomic mass is 32.2. The summed E-state index contributed by atoms with van der Waals surface area (Å²) < 4.78 is 2.06. The van der Waals surface area contributed by atoms with Gasteiger partial charge in [-0.3, -0.25) is 9.36 Å². The van der Waals surface area contributed by atoms with E-state index in [0.29, 0.717) is 0 Å². The Morgan fingerprint density at radius 3 is 2.50 bits per heavy atom. The van der Waals surface area contributed by atoms with Gasteiger partial charge < -0.3 is 5.73 Å². The Balaban J connectivity index is 2.46. The van der Waals surface area contributed by atoms with Crippen molar-refractivity contribution in [2.45, 2.75) is 31.8 Å². The van der Waals surface area contributed by atoms with Gasteiger partial charge in [0.15, 0.2) is 5.16 Å². The maximum absolute atomic E-state index is 11.0. The molecule has 2 aromatic rings. The lowest BCUT2D eigenvalue weighted by atomic mass is 10.0. The molecule has 0 atom stereocenters. The Labute approximate surface area is 123 Å². The van der Waals surface area contributed by atoms with Gasteiger partial charge in [-0.1, -0.05) is 43.8 Å². The molecule has 0 spiro atoms. The molecule has 1 aromatic heterocycles. The van der Waals surface area contributed by atoms with Gasteiger partial charge in [-0.15, -0.1) is 0 Å². The Bertz CT molecular complexity index is 585. The first-order valence-corrected chi connectivity index (χ1v) is 7.71. The number of rotatable bonds is 6. The number of aryl methyl sites for hydroxylation is 2. The van der Waals surface area contributed by atoms with Crippen molar-refractivity contribution in [1.29, 1.82) is 0 Å². The summed E-state index contributed by atoms with van der Waals surface area (Å²) in [5.41, 5.74) is 8.96. The minimum absolute atomic E-state index is 0.243. The quantitative estimate of drug-likeness (QED) is 0.831. The van der Waals surface area contributed by atoms with Crippen molar-refractivity contribution < 1.29 is 4.79 Å². The fraction of sp³-hybridized carbons (Fsp3) is 0.333. The smallest absolute Gasteiger partial charge is 0.227 e. The lowest BCUT2D eigenvalue weighted by molar-refractivity contribution is -0.115. The Kier molecular flexibility index (Phi) is 4.84. The molecule has 2 rings (SSSR count). The fourth-order valence-electron chi connectivity index (χ4n) is 2.23. The van der Waals surface area contributed by atoms with Gasteiger partial charge >= 0.3 is 0 Å². The van der Waals surface area contributed by atoms with Crippen LogP contribution >= 0.6 is 11.8 Å². The summed E-state index contributed by atoms with van der Waals surface area (Å²) >= 11 is 1.37. The van der Waals surface area contributed by atoms with Gasteiger partial charge in [-0.25, -0.2) is 4.98 Å². The van der Waals surface area contributed by atoms with Crippen LogP contribution in [-0.4, -0.2) is 21.2 Å². The molecule has 1 amide bonds. The molecule has 0 bridgehead atoms. The molecular weight excluding hydrogens is 270 g/mol. The summed E-state index contributed by atoms with van der Waals surface area (Å²) in [4.78, 5) is 15.3. The second-order valence-corrected chi connectivity index (χ2v) is 5.41. The van der Waals surface area contributed by atoms with Crippen molar-refractivity contribution in [3.63, 3.8) is 0 Å². The van der Waals surface area contributed by atoms with Crippen molar-refractivity contribution >= 4 is 17.7 Å². The van der Waals surface area contributed by atoms with E-state index in [1.54, 1.807) is 6.20 Å². The third-order valence-electron chi connectivity index (χ3n) is 3.16. The van der Waals surface area contributed by atoms with Gasteiger partial charge in [0, 0.05) is 12.4 Å². The molecule has 106 valence electrons. The normalized spacial score (nSPS) is 10.7. The molecule has 0 aliphatic rings. The number of hydrogen-bond donors (Lipinski definition) is 1. The van der Waals surface area contributed by atoms with Gasteiger partial charge in [0.25, 0.3) is 0 Å². The number of primary amides is 1. The van der Waals surface area contributed by atoms with Gasteiger partial charge in [-0.05, 0) is 24.0 Å². The van der Waals surface area contributed by atoms with Crippen molar-refractivity contribution in [2.24, 2.45) is 5.73 Å². The van der Waals surface area contributed by atoms with Crippen LogP contribution in [0.1, 0.15) is 25.0 Å². The zero-order chi connectivity index (χ0) is 14.5. The number of carbonyl (C=O) groups excluding carboxylic acids is 1. The number of para-hydroxylation sites is 1. The van der Waals surface area contributed by atoms with E-state index in [9.17, 15) is 4.79 Å². The summed E-state index contributed by atoms with van der Waals surface area (Å²) in [5, 5.41) is 0.805. The number of nitrogens with two attached hydrogens (primary N) is 1. The molecule has 0 fully saturated rings. The van der Waals surface area contributed by atoms with Crippen LogP contribution in [0, 0.1) is 0 Å². The van der Waals surface area contributed by atoms with E-state index in [0.717, 1.165) is 18.0 Å². The number of benzene rings is 1. The number of amides is 1. The number of aromatic nitrogens is 2. The van der Waals surface area contributed by atoms with Gasteiger partial charge in [-0.2, -0.15) is 0 Å². The van der Waals surface area contributed by atoms with Gasteiger partial charge in [0.2, 0.25) is 5.91 Å². The second kappa shape index (κ2) is 6.61. The van der Waals surface area contributed by atoms with Crippen LogP contribution in [0.25, 0.3) is 5.69 Å². The van der Waals surface area contributed by atoms with E-state index in [4.69, 9.17) is 5.73 Å². The Morgan fingerprint density at radius 1 is 1.30 bits per heavy atom. The van der Waals surface area contributed by atoms with Crippen LogP contribution in [0.15, 0.2) is 35.7 Å². The molecule has 0 unspecified atom stereocenters. The molecule has 1 heterocycles. The summed E-state index contributed by atoms with van der Waals surface area (Å²) in [6.07, 6.45) is 5.62. The first-order chi connectivity index (χ1) is 9.67. The van der Waals surface area contributed by atoms with Crippen molar-refractivity contribution in [2.75, 3.05) is 5.75 Å². The predicted octanol–water partition coefficient (Wildman–Crippen LogP) is 2.57. The van der Waals surface area contributed by atoms with Crippen LogP contribution in [0.5, 0.6) is 0 Å².